The van der Waals surface area contributed by atoms with Gasteiger partial charge in [0.25, 0.3) is 0 Å². The van der Waals surface area contributed by atoms with Gasteiger partial charge in [-0.25, -0.2) is 15.0 Å². The van der Waals surface area contributed by atoms with Crippen LogP contribution in [-0.4, -0.2) is 24.1 Å². The maximum absolute atomic E-state index is 17.0. The van der Waals surface area contributed by atoms with Crippen LogP contribution < -0.4 is 0 Å². The molecule has 1 aliphatic carbocycles. The van der Waals surface area contributed by atoms with Crippen LogP contribution in [0.25, 0.3) is 128 Å². The summed E-state index contributed by atoms with van der Waals surface area (Å²) in [6.45, 7) is 0. The van der Waals surface area contributed by atoms with Crippen molar-refractivity contribution in [2.75, 3.05) is 0 Å². The molecule has 9 nitrogen and oxygen atoms in total. The summed E-state index contributed by atoms with van der Waals surface area (Å²) in [6, 6.07) is 85.5. The van der Waals surface area contributed by atoms with E-state index >= 15 is 13.2 Å². The van der Waals surface area contributed by atoms with Crippen LogP contribution in [0.3, 0.4) is 0 Å². The maximum Gasteiger partial charge on any atom is 0.417 e. The smallest absolute Gasteiger partial charge is 0.309 e. The number of hydrogen-bond donors (Lipinski definition) is 0. The zero-order valence-corrected chi connectivity index (χ0v) is 49.2. The van der Waals surface area contributed by atoms with Crippen LogP contribution in [0, 0.1) is 45.3 Å². The number of aromatic nitrogens is 5. The van der Waals surface area contributed by atoms with Crippen LogP contribution in [0.4, 0.5) is 13.2 Å². The first-order chi connectivity index (χ1) is 45.5. The molecule has 0 fully saturated rings. The minimum absolute atomic E-state index is 0.120. The molecule has 0 N–H and O–H groups in total. The number of allylic oxidation sites excluding steroid dienone is 6. The van der Waals surface area contributed by atoms with Crippen molar-refractivity contribution >= 4 is 54.9 Å². The van der Waals surface area contributed by atoms with Crippen LogP contribution in [0.2, 0.25) is 0 Å². The summed E-state index contributed by atoms with van der Waals surface area (Å²) < 4.78 is 54.8. The van der Waals surface area contributed by atoms with Crippen molar-refractivity contribution in [2.45, 2.75) is 12.1 Å². The Kier molecular flexibility index (Phi) is 14.1. The SMILES string of the molecule is N#Cc1cccc(-c2ccc3c(c2)c2cc(-c4cccc(C#N)c4)ccc2n3C2=CC=CC(c3nc(-c4ccccc4)nc(-c4ccccc4)n3)C=C2c2c(-n3c4ccc(-c5cccc(C#N)c5)cc4c4cc(-c5cccc(C#N)c5)ccc43)cccc2C(F)(F)F)c1. The first kappa shape index (κ1) is 56.5. The number of nitriles is 4. The standard InChI is InChI=1S/C81H46F3N9/c82-81(83,84)70-26-12-28-76(93-74-35-31-62(58-23-9-15-52(39-58)48-87)43-67(74)68-44-63(32-36-75(68)93)59-24-10-16-53(40-59)49-88)77(70)69-45-64(80-90-78(54-17-3-1-4-18-54)89-79(91-80)55-19-5-2-6-20-55)25-11-27-71(69)92-72-33-29-60(56-21-7-13-50(37-56)46-85)41-65(72)66-42-61(30-34-73(66)92)57-22-8-14-51(38-57)47-86/h1-45,64H. The molecule has 1 unspecified atom stereocenters. The summed E-state index contributed by atoms with van der Waals surface area (Å²) in [4.78, 5) is 15.3. The molecule has 12 heteroatoms. The Labute approximate surface area is 532 Å². The van der Waals surface area contributed by atoms with Crippen LogP contribution in [0.15, 0.2) is 273 Å². The molecule has 14 aromatic rings. The molecule has 93 heavy (non-hydrogen) atoms. The molecule has 3 heterocycles. The van der Waals surface area contributed by atoms with Gasteiger partial charge < -0.3 is 9.13 Å². The zero-order chi connectivity index (χ0) is 63.3. The summed E-state index contributed by atoms with van der Waals surface area (Å²) in [5.74, 6) is 0.201. The van der Waals surface area contributed by atoms with Crippen molar-refractivity contribution < 1.29 is 13.2 Å². The lowest BCUT2D eigenvalue weighted by Gasteiger charge is -2.24. The normalized spacial score (nSPS) is 13.0. The molecule has 0 radical (unpaired) electrons. The van der Waals surface area contributed by atoms with E-state index in [1.165, 1.54) is 6.07 Å². The van der Waals surface area contributed by atoms with Crippen molar-refractivity contribution in [3.63, 3.8) is 0 Å². The van der Waals surface area contributed by atoms with Crippen molar-refractivity contribution in [1.82, 2.24) is 24.1 Å². The number of rotatable bonds is 10. The lowest BCUT2D eigenvalue weighted by Crippen LogP contribution is -2.14. The van der Waals surface area contributed by atoms with Crippen molar-refractivity contribution in [2.24, 2.45) is 0 Å². The fourth-order valence-corrected chi connectivity index (χ4v) is 12.8. The highest BCUT2D eigenvalue weighted by atomic mass is 19.4. The minimum atomic E-state index is -4.93. The Balaban J connectivity index is 1.04. The Morgan fingerprint density at radius 1 is 0.366 bits per heavy atom. The second-order valence-electron chi connectivity index (χ2n) is 22.7. The molecule has 3 aromatic heterocycles. The van der Waals surface area contributed by atoms with E-state index in [0.717, 1.165) is 83.2 Å². The lowest BCUT2D eigenvalue weighted by molar-refractivity contribution is -0.137. The van der Waals surface area contributed by atoms with Gasteiger partial charge in [-0.05, 0) is 160 Å². The van der Waals surface area contributed by atoms with Gasteiger partial charge in [-0.15, -0.1) is 0 Å². The maximum atomic E-state index is 17.0. The van der Waals surface area contributed by atoms with Gasteiger partial charge >= 0.3 is 6.18 Å². The van der Waals surface area contributed by atoms with Gasteiger partial charge in [0.1, 0.15) is 5.82 Å². The second kappa shape index (κ2) is 23.2. The number of alkyl halides is 3. The summed E-state index contributed by atoms with van der Waals surface area (Å²) >= 11 is 0. The lowest BCUT2D eigenvalue weighted by atomic mass is 9.91. The number of hydrogen-bond acceptors (Lipinski definition) is 7. The molecule has 11 aromatic carbocycles. The Hall–Kier alpha value is -13.0. The van der Waals surface area contributed by atoms with Gasteiger partial charge in [-0.2, -0.15) is 34.2 Å². The molecule has 436 valence electrons. The fourth-order valence-electron chi connectivity index (χ4n) is 12.8. The second-order valence-corrected chi connectivity index (χ2v) is 22.7. The van der Waals surface area contributed by atoms with Crippen LogP contribution in [-0.2, 0) is 6.18 Å². The molecule has 0 saturated carbocycles. The molecular weight excluding hydrogens is 1160 g/mol. The summed E-state index contributed by atoms with van der Waals surface area (Å²) in [6.07, 6.45) is 2.54. The molecular formula is C81H46F3N9. The average Bonchev–Trinajstić information content (AvgIpc) is 1.60. The number of nitrogens with zero attached hydrogens (tertiary/aromatic N) is 9. The van der Waals surface area contributed by atoms with E-state index in [-0.39, 0.29) is 16.8 Å². The zero-order valence-electron chi connectivity index (χ0n) is 49.2. The van der Waals surface area contributed by atoms with E-state index in [1.54, 1.807) is 30.3 Å². The monoisotopic (exact) mass is 1200 g/mol. The van der Waals surface area contributed by atoms with Gasteiger partial charge in [0.15, 0.2) is 11.6 Å². The molecule has 0 bridgehead atoms. The highest BCUT2D eigenvalue weighted by molar-refractivity contribution is 6.17. The van der Waals surface area contributed by atoms with E-state index in [0.29, 0.717) is 67.5 Å². The molecule has 0 spiro atoms. The Bertz CT molecular complexity index is 5400. The van der Waals surface area contributed by atoms with Crippen molar-refractivity contribution in [3.05, 3.63) is 312 Å². The highest BCUT2D eigenvalue weighted by Gasteiger charge is 2.38. The third-order valence-corrected chi connectivity index (χ3v) is 17.1. The molecule has 0 amide bonds. The van der Waals surface area contributed by atoms with E-state index in [4.69, 9.17) is 15.0 Å². The van der Waals surface area contributed by atoms with Crippen molar-refractivity contribution in [1.29, 1.82) is 21.0 Å². The quantitative estimate of drug-likeness (QED) is 0.133. The molecule has 15 rings (SSSR count). The molecule has 1 aliphatic rings. The van der Waals surface area contributed by atoms with Crippen LogP contribution in [0.1, 0.15) is 45.1 Å². The van der Waals surface area contributed by atoms with Gasteiger partial charge in [-0.1, -0.05) is 158 Å². The molecule has 1 atom stereocenters. The number of halogens is 3. The third-order valence-electron chi connectivity index (χ3n) is 17.1. The van der Waals surface area contributed by atoms with E-state index in [9.17, 15) is 21.0 Å². The summed E-state index contributed by atoms with van der Waals surface area (Å²) in [7, 11) is 0. The minimum Gasteiger partial charge on any atom is -0.309 e. The van der Waals surface area contributed by atoms with Gasteiger partial charge in [0, 0.05) is 43.8 Å². The number of fused-ring (bicyclic) bond motifs is 6. The topological polar surface area (TPSA) is 144 Å². The summed E-state index contributed by atoms with van der Waals surface area (Å²) in [5.41, 5.74) is 12.2. The first-order valence-corrected chi connectivity index (χ1v) is 29.9. The number of benzene rings is 11. The van der Waals surface area contributed by atoms with E-state index in [2.05, 4.69) is 36.4 Å². The largest absolute Gasteiger partial charge is 0.417 e. The Morgan fingerprint density at radius 2 is 0.731 bits per heavy atom. The van der Waals surface area contributed by atoms with E-state index in [1.807, 2.05) is 228 Å². The third kappa shape index (κ3) is 10.3. The van der Waals surface area contributed by atoms with Gasteiger partial charge in [0.2, 0.25) is 0 Å². The average molecular weight is 1200 g/mol. The highest BCUT2D eigenvalue weighted by Crippen LogP contribution is 2.49. The fraction of sp³-hybridized carbons (Fsp3) is 0.0247. The van der Waals surface area contributed by atoms with Gasteiger partial charge in [0.05, 0.1) is 91.5 Å². The van der Waals surface area contributed by atoms with Crippen LogP contribution in [0.5, 0.6) is 0 Å². The van der Waals surface area contributed by atoms with Crippen molar-refractivity contribution in [3.8, 4) is 97.2 Å². The van der Waals surface area contributed by atoms with Crippen LogP contribution >= 0.6 is 0 Å². The first-order valence-electron chi connectivity index (χ1n) is 29.9. The van der Waals surface area contributed by atoms with E-state index < -0.39 is 17.7 Å². The van der Waals surface area contributed by atoms with Gasteiger partial charge in [-0.3, -0.25) is 0 Å². The predicted octanol–water partition coefficient (Wildman–Crippen LogP) is 19.9. The predicted molar refractivity (Wildman–Crippen MR) is 361 cm³/mol. The Morgan fingerprint density at radius 3 is 1.12 bits per heavy atom. The summed E-state index contributed by atoms with van der Waals surface area (Å²) in [5, 5.41) is 43.0. The molecule has 0 aliphatic heterocycles. The molecule has 0 saturated heterocycles.